The van der Waals surface area contributed by atoms with E-state index in [0.29, 0.717) is 17.5 Å². The van der Waals surface area contributed by atoms with Crippen LogP contribution in [0.25, 0.3) is 0 Å². The van der Waals surface area contributed by atoms with Gasteiger partial charge >= 0.3 is 187 Å². The maximum absolute atomic E-state index is 12.6. The van der Waals surface area contributed by atoms with E-state index in [0.717, 1.165) is 30.1 Å². The Labute approximate surface area is 186 Å². The predicted octanol–water partition coefficient (Wildman–Crippen LogP) is 2.86. The van der Waals surface area contributed by atoms with E-state index in [1.54, 1.807) is 16.8 Å². The molecular weight excluding hydrogens is 510 g/mol. The number of rotatable bonds is 2. The van der Waals surface area contributed by atoms with Gasteiger partial charge in [-0.25, -0.2) is 0 Å². The second-order valence-corrected chi connectivity index (χ2v) is 10.6. The predicted molar refractivity (Wildman–Crippen MR) is 117 cm³/mol. The number of carbonyl (C=O) groups is 2. The van der Waals surface area contributed by atoms with E-state index in [1.807, 2.05) is 30.6 Å². The first-order valence-electron chi connectivity index (χ1n) is 9.36. The number of hydrogen-bond donors (Lipinski definition) is 0. The third-order valence-corrected chi connectivity index (χ3v) is 8.95. The summed E-state index contributed by atoms with van der Waals surface area (Å²) in [4.78, 5) is 36.7. The first-order valence-corrected chi connectivity index (χ1v) is 12.6. The molecule has 0 saturated carbocycles. The SMILES string of the molecule is O=C1C(=CC2=CC=C(N3c4cccnc4[Te]c4ncccc43)C2)C(=O)c2cscc21. The van der Waals surface area contributed by atoms with Gasteiger partial charge in [-0.15, -0.1) is 0 Å². The summed E-state index contributed by atoms with van der Waals surface area (Å²) >= 11 is 0.753. The van der Waals surface area contributed by atoms with E-state index < -0.39 is 20.9 Å². The summed E-state index contributed by atoms with van der Waals surface area (Å²) < 4.78 is 2.24. The van der Waals surface area contributed by atoms with Gasteiger partial charge in [0, 0.05) is 0 Å². The molecule has 0 atom stereocenters. The van der Waals surface area contributed by atoms with Crippen LogP contribution < -0.4 is 12.4 Å². The Morgan fingerprint density at radius 2 is 1.57 bits per heavy atom. The molecule has 4 heterocycles. The van der Waals surface area contributed by atoms with Gasteiger partial charge in [0.15, 0.2) is 0 Å². The summed E-state index contributed by atoms with van der Waals surface area (Å²) in [6.07, 6.45) is 10.1. The second kappa shape index (κ2) is 6.85. The first-order chi connectivity index (χ1) is 14.7. The molecule has 0 radical (unpaired) electrons. The number of pyridine rings is 2. The number of ketones is 2. The minimum absolute atomic E-state index is 0.168. The Morgan fingerprint density at radius 3 is 2.20 bits per heavy atom. The molecular formula is C23H13N3O2STe. The van der Waals surface area contributed by atoms with Gasteiger partial charge in [-0.05, 0) is 0 Å². The second-order valence-electron chi connectivity index (χ2n) is 7.08. The monoisotopic (exact) mass is 525 g/mol. The van der Waals surface area contributed by atoms with Gasteiger partial charge in [-0.1, -0.05) is 0 Å². The van der Waals surface area contributed by atoms with Gasteiger partial charge in [0.25, 0.3) is 0 Å². The molecule has 2 aliphatic carbocycles. The van der Waals surface area contributed by atoms with Gasteiger partial charge < -0.3 is 0 Å². The number of Topliss-reactive ketones (excluding diaryl/α,β-unsaturated/α-hetero) is 2. The van der Waals surface area contributed by atoms with Crippen LogP contribution in [0.15, 0.2) is 82.5 Å². The molecule has 0 bridgehead atoms. The molecule has 3 aliphatic rings. The molecule has 0 unspecified atom stereocenters. The average Bonchev–Trinajstić information content (AvgIpc) is 3.48. The number of hydrogen-bond acceptors (Lipinski definition) is 6. The van der Waals surface area contributed by atoms with Crippen molar-refractivity contribution >= 4 is 62.7 Å². The zero-order valence-corrected chi connectivity index (χ0v) is 18.7. The summed E-state index contributed by atoms with van der Waals surface area (Å²) in [6, 6.07) is 8.12. The number of allylic oxidation sites excluding steroid dienone is 5. The van der Waals surface area contributed by atoms with E-state index in [4.69, 9.17) is 0 Å². The van der Waals surface area contributed by atoms with Crippen molar-refractivity contribution in [3.8, 4) is 0 Å². The molecule has 3 aromatic rings. The fourth-order valence-corrected chi connectivity index (χ4v) is 7.42. The fourth-order valence-electron chi connectivity index (χ4n) is 3.93. The maximum atomic E-state index is 12.6. The zero-order valence-electron chi connectivity index (χ0n) is 15.5. The van der Waals surface area contributed by atoms with Crippen LogP contribution in [0.1, 0.15) is 27.1 Å². The van der Waals surface area contributed by atoms with Crippen LogP contribution in [0.2, 0.25) is 0 Å². The van der Waals surface area contributed by atoms with Crippen LogP contribution in [-0.4, -0.2) is 42.5 Å². The Balaban J connectivity index is 1.33. The van der Waals surface area contributed by atoms with Crippen LogP contribution in [-0.2, 0) is 0 Å². The molecule has 1 aliphatic heterocycles. The van der Waals surface area contributed by atoms with E-state index in [9.17, 15) is 9.59 Å². The quantitative estimate of drug-likeness (QED) is 0.294. The molecule has 144 valence electrons. The first kappa shape index (κ1) is 18.0. The Morgan fingerprint density at radius 1 is 0.933 bits per heavy atom. The molecule has 0 aromatic carbocycles. The molecule has 6 rings (SSSR count). The number of thiophene rings is 1. The third kappa shape index (κ3) is 2.67. The van der Waals surface area contributed by atoms with Crippen molar-refractivity contribution in [1.29, 1.82) is 0 Å². The Hall–Kier alpha value is -2.85. The van der Waals surface area contributed by atoms with E-state index >= 15 is 0 Å². The molecule has 0 saturated heterocycles. The van der Waals surface area contributed by atoms with E-state index in [1.165, 1.54) is 11.3 Å². The van der Waals surface area contributed by atoms with E-state index in [-0.39, 0.29) is 17.1 Å². The van der Waals surface area contributed by atoms with Crippen molar-refractivity contribution in [2.24, 2.45) is 0 Å². The van der Waals surface area contributed by atoms with Crippen molar-refractivity contribution in [2.45, 2.75) is 6.42 Å². The number of nitrogens with zero attached hydrogens (tertiary/aromatic N) is 3. The van der Waals surface area contributed by atoms with Crippen molar-refractivity contribution in [2.75, 3.05) is 4.90 Å². The zero-order chi connectivity index (χ0) is 20.2. The van der Waals surface area contributed by atoms with Gasteiger partial charge in [-0.2, -0.15) is 0 Å². The normalized spacial score (nSPS) is 16.8. The third-order valence-electron chi connectivity index (χ3n) is 5.31. The van der Waals surface area contributed by atoms with Gasteiger partial charge in [0.05, 0.1) is 0 Å². The van der Waals surface area contributed by atoms with Crippen molar-refractivity contribution in [1.82, 2.24) is 9.97 Å². The topological polar surface area (TPSA) is 63.2 Å². The average molecular weight is 523 g/mol. The number of fused-ring (bicyclic) bond motifs is 3. The van der Waals surface area contributed by atoms with Crippen LogP contribution in [0.5, 0.6) is 0 Å². The molecule has 5 nitrogen and oxygen atoms in total. The van der Waals surface area contributed by atoms with E-state index in [2.05, 4.69) is 33.1 Å². The van der Waals surface area contributed by atoms with Gasteiger partial charge in [0.1, 0.15) is 0 Å². The Kier molecular flexibility index (Phi) is 4.10. The summed E-state index contributed by atoms with van der Waals surface area (Å²) in [5.41, 5.74) is 5.57. The summed E-state index contributed by atoms with van der Waals surface area (Å²) in [6.45, 7) is 0. The molecule has 0 N–H and O–H groups in total. The summed E-state index contributed by atoms with van der Waals surface area (Å²) in [5.74, 6) is -0.337. The van der Waals surface area contributed by atoms with Crippen LogP contribution in [0, 0.1) is 0 Å². The van der Waals surface area contributed by atoms with Crippen LogP contribution in [0.4, 0.5) is 11.4 Å². The summed E-state index contributed by atoms with van der Waals surface area (Å²) in [7, 11) is 0. The van der Waals surface area contributed by atoms with Crippen molar-refractivity contribution < 1.29 is 9.59 Å². The number of anilines is 2. The Bertz CT molecular complexity index is 1270. The van der Waals surface area contributed by atoms with Gasteiger partial charge in [0.2, 0.25) is 0 Å². The van der Waals surface area contributed by atoms with Gasteiger partial charge in [-0.3, -0.25) is 0 Å². The number of carbonyl (C=O) groups excluding carboxylic acids is 2. The van der Waals surface area contributed by atoms with Crippen LogP contribution in [0.3, 0.4) is 0 Å². The fraction of sp³-hybridized carbons (Fsp3) is 0.0435. The molecule has 0 spiro atoms. The van der Waals surface area contributed by atoms with Crippen molar-refractivity contribution in [3.05, 3.63) is 93.6 Å². The standard InChI is InChI=1S/C23H13N3O2STe/c27-20-15(21(28)17-12-29-11-16(17)20)10-13-5-6-14(9-13)26-18-3-1-7-24-22(18)30-23-19(26)4-2-8-25-23/h1-8,10-12H,9H2. The van der Waals surface area contributed by atoms with Crippen LogP contribution >= 0.6 is 11.3 Å². The molecule has 0 fully saturated rings. The molecule has 3 aromatic heterocycles. The number of aromatic nitrogens is 2. The minimum atomic E-state index is -0.638. The molecule has 30 heavy (non-hydrogen) atoms. The molecule has 7 heteroatoms. The molecule has 0 amide bonds. The summed E-state index contributed by atoms with van der Waals surface area (Å²) in [5, 5.41) is 3.52. The van der Waals surface area contributed by atoms with Crippen molar-refractivity contribution in [3.63, 3.8) is 0 Å².